The molecule has 0 amide bonds. The maximum absolute atomic E-state index is 8.92. The molecule has 0 spiro atoms. The predicted octanol–water partition coefficient (Wildman–Crippen LogP) is 0.877. The minimum absolute atomic E-state index is 0.341. The summed E-state index contributed by atoms with van der Waals surface area (Å²) < 4.78 is 0. The second kappa shape index (κ2) is 4.52. The zero-order valence-corrected chi connectivity index (χ0v) is 7.00. The number of aliphatic hydroxyl groups excluding tert-OH is 1. The molecule has 1 rings (SSSR count). The fourth-order valence-electron chi connectivity index (χ4n) is 1.65. The van der Waals surface area contributed by atoms with Crippen LogP contribution < -0.4 is 0 Å². The Labute approximate surface area is 68.5 Å². The number of rotatable bonds is 3. The molecule has 0 saturated carbocycles. The van der Waals surface area contributed by atoms with Crippen LogP contribution in [-0.2, 0) is 0 Å². The number of nitrogens with zero attached hydrogens (tertiary/aromatic N) is 1. The normalized spacial score (nSPS) is 26.8. The molecule has 1 N–H and O–H groups in total. The molecule has 1 aliphatic heterocycles. The van der Waals surface area contributed by atoms with Crippen LogP contribution >= 0.6 is 0 Å². The highest BCUT2D eigenvalue weighted by Crippen LogP contribution is 2.14. The van der Waals surface area contributed by atoms with E-state index in [0.29, 0.717) is 12.5 Å². The van der Waals surface area contributed by atoms with Crippen LogP contribution in [0.2, 0.25) is 0 Å². The van der Waals surface area contributed by atoms with Gasteiger partial charge in [0.05, 0.1) is 0 Å². The minimum Gasteiger partial charge on any atom is -0.396 e. The molecule has 0 bridgehead atoms. The van der Waals surface area contributed by atoms with Crippen molar-refractivity contribution in [1.82, 2.24) is 4.90 Å². The minimum atomic E-state index is 0.341. The quantitative estimate of drug-likeness (QED) is 0.611. The molecule has 0 aromatic carbocycles. The summed E-state index contributed by atoms with van der Waals surface area (Å²) >= 11 is 0. The molecule has 64 valence electrons. The van der Waals surface area contributed by atoms with Crippen molar-refractivity contribution >= 4 is 0 Å². The van der Waals surface area contributed by atoms with E-state index >= 15 is 0 Å². The highest BCUT2D eigenvalue weighted by molar-refractivity contribution is 4.78. The van der Waals surface area contributed by atoms with E-state index in [4.69, 9.17) is 5.11 Å². The Morgan fingerprint density at radius 2 is 2.45 bits per heavy atom. The third-order valence-corrected chi connectivity index (χ3v) is 2.25. The molecule has 0 aliphatic carbocycles. The van der Waals surface area contributed by atoms with E-state index in [1.165, 1.54) is 19.4 Å². The van der Waals surface area contributed by atoms with E-state index in [0.717, 1.165) is 13.1 Å². The molecule has 0 aromatic heterocycles. The Morgan fingerprint density at radius 3 is 3.09 bits per heavy atom. The van der Waals surface area contributed by atoms with E-state index < -0.39 is 0 Å². The summed E-state index contributed by atoms with van der Waals surface area (Å²) in [6.07, 6.45) is 4.34. The molecule has 1 fully saturated rings. The Kier molecular flexibility index (Phi) is 3.60. The molecular weight excluding hydrogens is 138 g/mol. The van der Waals surface area contributed by atoms with Gasteiger partial charge in [-0.1, -0.05) is 6.08 Å². The first kappa shape index (κ1) is 8.75. The number of hydrogen-bond donors (Lipinski definition) is 1. The fourth-order valence-corrected chi connectivity index (χ4v) is 1.65. The molecule has 2 heteroatoms. The molecule has 0 aromatic rings. The van der Waals surface area contributed by atoms with Gasteiger partial charge in [0.15, 0.2) is 0 Å². The SMILES string of the molecule is C=CCN1CCCC(CO)C1. The second-order valence-electron chi connectivity index (χ2n) is 3.24. The van der Waals surface area contributed by atoms with Gasteiger partial charge in [0.1, 0.15) is 0 Å². The third-order valence-electron chi connectivity index (χ3n) is 2.25. The molecule has 1 unspecified atom stereocenters. The van der Waals surface area contributed by atoms with Crippen LogP contribution in [0.25, 0.3) is 0 Å². The van der Waals surface area contributed by atoms with Gasteiger partial charge < -0.3 is 5.11 Å². The monoisotopic (exact) mass is 155 g/mol. The number of piperidine rings is 1. The fraction of sp³-hybridized carbons (Fsp3) is 0.778. The highest BCUT2D eigenvalue weighted by atomic mass is 16.3. The third kappa shape index (κ3) is 2.64. The van der Waals surface area contributed by atoms with Crippen molar-refractivity contribution in [2.45, 2.75) is 12.8 Å². The Bertz CT molecular complexity index is 125. The predicted molar refractivity (Wildman–Crippen MR) is 46.4 cm³/mol. The van der Waals surface area contributed by atoms with Gasteiger partial charge in [0.2, 0.25) is 0 Å². The molecule has 1 aliphatic rings. The standard InChI is InChI=1S/C9H17NO/c1-2-5-10-6-3-4-9(7-10)8-11/h2,9,11H,1,3-8H2. The largest absolute Gasteiger partial charge is 0.396 e. The van der Waals surface area contributed by atoms with E-state index in [2.05, 4.69) is 11.5 Å². The molecule has 11 heavy (non-hydrogen) atoms. The Hall–Kier alpha value is -0.340. The van der Waals surface area contributed by atoms with Gasteiger partial charge in [0, 0.05) is 19.7 Å². The number of hydrogen-bond acceptors (Lipinski definition) is 2. The summed E-state index contributed by atoms with van der Waals surface area (Å²) in [6, 6.07) is 0. The van der Waals surface area contributed by atoms with Crippen molar-refractivity contribution in [1.29, 1.82) is 0 Å². The number of likely N-dealkylation sites (tertiary alicyclic amines) is 1. The first-order chi connectivity index (χ1) is 5.36. The van der Waals surface area contributed by atoms with Crippen LogP contribution in [0.5, 0.6) is 0 Å². The highest BCUT2D eigenvalue weighted by Gasteiger charge is 2.17. The lowest BCUT2D eigenvalue weighted by atomic mass is 9.99. The van der Waals surface area contributed by atoms with Gasteiger partial charge in [-0.25, -0.2) is 0 Å². The Morgan fingerprint density at radius 1 is 1.64 bits per heavy atom. The molecule has 1 atom stereocenters. The zero-order valence-electron chi connectivity index (χ0n) is 7.00. The van der Waals surface area contributed by atoms with Crippen LogP contribution in [0, 0.1) is 5.92 Å². The van der Waals surface area contributed by atoms with Crippen LogP contribution in [0.1, 0.15) is 12.8 Å². The average molecular weight is 155 g/mol. The van der Waals surface area contributed by atoms with E-state index in [9.17, 15) is 0 Å². The van der Waals surface area contributed by atoms with Gasteiger partial charge in [-0.15, -0.1) is 6.58 Å². The van der Waals surface area contributed by atoms with E-state index in [1.54, 1.807) is 0 Å². The maximum Gasteiger partial charge on any atom is 0.0471 e. The second-order valence-corrected chi connectivity index (χ2v) is 3.24. The lowest BCUT2D eigenvalue weighted by Gasteiger charge is -2.30. The van der Waals surface area contributed by atoms with Gasteiger partial charge in [-0.2, -0.15) is 0 Å². The first-order valence-corrected chi connectivity index (χ1v) is 4.31. The number of aliphatic hydroxyl groups is 1. The summed E-state index contributed by atoms with van der Waals surface area (Å²) in [5.41, 5.74) is 0. The van der Waals surface area contributed by atoms with Gasteiger partial charge >= 0.3 is 0 Å². The van der Waals surface area contributed by atoms with Crippen molar-refractivity contribution < 1.29 is 5.11 Å². The zero-order chi connectivity index (χ0) is 8.10. The summed E-state index contributed by atoms with van der Waals surface area (Å²) in [7, 11) is 0. The smallest absolute Gasteiger partial charge is 0.0471 e. The van der Waals surface area contributed by atoms with Crippen molar-refractivity contribution in [2.75, 3.05) is 26.2 Å². The molecule has 1 saturated heterocycles. The van der Waals surface area contributed by atoms with Crippen molar-refractivity contribution in [2.24, 2.45) is 5.92 Å². The maximum atomic E-state index is 8.92. The van der Waals surface area contributed by atoms with Crippen molar-refractivity contribution in [3.8, 4) is 0 Å². The molecule has 2 nitrogen and oxygen atoms in total. The van der Waals surface area contributed by atoms with E-state index in [1.807, 2.05) is 6.08 Å². The molecule has 1 heterocycles. The van der Waals surface area contributed by atoms with Crippen molar-refractivity contribution in [3.05, 3.63) is 12.7 Å². The van der Waals surface area contributed by atoms with Crippen molar-refractivity contribution in [3.63, 3.8) is 0 Å². The van der Waals surface area contributed by atoms with Gasteiger partial charge in [-0.3, -0.25) is 4.90 Å². The molecular formula is C9H17NO. The summed E-state index contributed by atoms with van der Waals surface area (Å²) in [6.45, 7) is 7.22. The lowest BCUT2D eigenvalue weighted by Crippen LogP contribution is -2.36. The van der Waals surface area contributed by atoms with Gasteiger partial charge in [0.25, 0.3) is 0 Å². The summed E-state index contributed by atoms with van der Waals surface area (Å²) in [4.78, 5) is 2.34. The Balaban J connectivity index is 2.27. The van der Waals surface area contributed by atoms with Gasteiger partial charge in [-0.05, 0) is 25.3 Å². The van der Waals surface area contributed by atoms with E-state index in [-0.39, 0.29) is 0 Å². The summed E-state index contributed by atoms with van der Waals surface area (Å²) in [5.74, 6) is 0.503. The van der Waals surface area contributed by atoms with Crippen LogP contribution in [-0.4, -0.2) is 36.2 Å². The average Bonchev–Trinajstić information content (AvgIpc) is 2.06. The van der Waals surface area contributed by atoms with Crippen LogP contribution in [0.15, 0.2) is 12.7 Å². The van der Waals surface area contributed by atoms with Crippen LogP contribution in [0.4, 0.5) is 0 Å². The van der Waals surface area contributed by atoms with Crippen LogP contribution in [0.3, 0.4) is 0 Å². The molecule has 0 radical (unpaired) electrons. The first-order valence-electron chi connectivity index (χ1n) is 4.31. The lowest BCUT2D eigenvalue weighted by molar-refractivity contribution is 0.129. The summed E-state index contributed by atoms with van der Waals surface area (Å²) in [5, 5.41) is 8.92. The topological polar surface area (TPSA) is 23.5 Å².